The fraction of sp³-hybridized carbons (Fsp3) is 0.500. The van der Waals surface area contributed by atoms with Crippen LogP contribution < -0.4 is 4.90 Å². The Hall–Kier alpha value is -0.690. The first kappa shape index (κ1) is 11.4. The number of hydrogen-bond donors (Lipinski definition) is 0. The SMILES string of the molecule is Cc1cccc(N(C)CC(C)CCl)c1. The molecule has 2 heteroatoms. The van der Waals surface area contributed by atoms with Crippen molar-refractivity contribution in [1.82, 2.24) is 0 Å². The molecule has 0 bridgehead atoms. The van der Waals surface area contributed by atoms with Crippen LogP contribution in [0.4, 0.5) is 5.69 Å². The Morgan fingerprint density at radius 1 is 1.43 bits per heavy atom. The molecule has 0 aliphatic carbocycles. The second-order valence-electron chi connectivity index (χ2n) is 3.98. The Morgan fingerprint density at radius 2 is 2.14 bits per heavy atom. The van der Waals surface area contributed by atoms with Crippen molar-refractivity contribution in [2.24, 2.45) is 5.92 Å². The zero-order valence-corrected chi connectivity index (χ0v) is 9.88. The first-order chi connectivity index (χ1) is 6.63. The largest absolute Gasteiger partial charge is 0.374 e. The van der Waals surface area contributed by atoms with Crippen LogP contribution in [0.5, 0.6) is 0 Å². The quantitative estimate of drug-likeness (QED) is 0.691. The van der Waals surface area contributed by atoms with Gasteiger partial charge in [-0.15, -0.1) is 11.6 Å². The van der Waals surface area contributed by atoms with E-state index in [1.54, 1.807) is 0 Å². The first-order valence-electron chi connectivity index (χ1n) is 4.97. The van der Waals surface area contributed by atoms with Gasteiger partial charge in [-0.2, -0.15) is 0 Å². The van der Waals surface area contributed by atoms with Crippen LogP contribution >= 0.6 is 11.6 Å². The Labute approximate surface area is 91.7 Å². The Bertz CT molecular complexity index is 285. The molecule has 0 N–H and O–H groups in total. The molecule has 78 valence electrons. The van der Waals surface area contributed by atoms with Gasteiger partial charge in [-0.25, -0.2) is 0 Å². The minimum Gasteiger partial charge on any atom is -0.374 e. The van der Waals surface area contributed by atoms with Gasteiger partial charge in [0.25, 0.3) is 0 Å². The summed E-state index contributed by atoms with van der Waals surface area (Å²) in [5.74, 6) is 1.25. The first-order valence-corrected chi connectivity index (χ1v) is 5.50. The zero-order valence-electron chi connectivity index (χ0n) is 9.13. The summed E-state index contributed by atoms with van der Waals surface area (Å²) in [6.45, 7) is 5.29. The predicted octanol–water partition coefficient (Wildman–Crippen LogP) is 3.31. The Morgan fingerprint density at radius 3 is 2.71 bits per heavy atom. The molecule has 14 heavy (non-hydrogen) atoms. The maximum absolute atomic E-state index is 5.79. The molecule has 1 rings (SSSR count). The van der Waals surface area contributed by atoms with Crippen molar-refractivity contribution in [2.45, 2.75) is 13.8 Å². The van der Waals surface area contributed by atoms with Gasteiger partial charge in [-0.1, -0.05) is 19.1 Å². The second kappa shape index (κ2) is 5.26. The molecule has 0 saturated heterocycles. The van der Waals surface area contributed by atoms with E-state index in [4.69, 9.17) is 11.6 Å². The molecule has 0 spiro atoms. The van der Waals surface area contributed by atoms with Crippen molar-refractivity contribution >= 4 is 17.3 Å². The molecule has 0 amide bonds. The van der Waals surface area contributed by atoms with Crippen LogP contribution in [0.1, 0.15) is 12.5 Å². The monoisotopic (exact) mass is 211 g/mol. The standard InChI is InChI=1S/C12H18ClN/c1-10-5-4-6-12(7-10)14(3)9-11(2)8-13/h4-7,11H,8-9H2,1-3H3. The van der Waals surface area contributed by atoms with E-state index >= 15 is 0 Å². The fourth-order valence-electron chi connectivity index (χ4n) is 1.49. The highest BCUT2D eigenvalue weighted by Gasteiger charge is 2.05. The molecule has 0 aliphatic heterocycles. The normalized spacial score (nSPS) is 12.6. The van der Waals surface area contributed by atoms with Gasteiger partial charge in [0.2, 0.25) is 0 Å². The van der Waals surface area contributed by atoms with Crippen molar-refractivity contribution in [2.75, 3.05) is 24.4 Å². The lowest BCUT2D eigenvalue weighted by atomic mass is 10.1. The molecule has 0 fully saturated rings. The molecule has 0 saturated carbocycles. The van der Waals surface area contributed by atoms with Gasteiger partial charge in [0.15, 0.2) is 0 Å². The molecule has 0 aromatic heterocycles. The van der Waals surface area contributed by atoms with Gasteiger partial charge in [0, 0.05) is 25.2 Å². The number of hydrogen-bond acceptors (Lipinski definition) is 1. The van der Waals surface area contributed by atoms with Crippen molar-refractivity contribution in [3.05, 3.63) is 29.8 Å². The van der Waals surface area contributed by atoms with Gasteiger partial charge < -0.3 is 4.90 Å². The lowest BCUT2D eigenvalue weighted by Gasteiger charge is -2.22. The average Bonchev–Trinajstić information content (AvgIpc) is 2.17. The van der Waals surface area contributed by atoms with Gasteiger partial charge >= 0.3 is 0 Å². The zero-order chi connectivity index (χ0) is 10.6. The van der Waals surface area contributed by atoms with Crippen LogP contribution in [-0.4, -0.2) is 19.5 Å². The molecule has 1 aromatic rings. The van der Waals surface area contributed by atoms with Gasteiger partial charge in [-0.3, -0.25) is 0 Å². The van der Waals surface area contributed by atoms with Crippen LogP contribution in [0, 0.1) is 12.8 Å². The van der Waals surface area contributed by atoms with Crippen LogP contribution in [0.15, 0.2) is 24.3 Å². The highest BCUT2D eigenvalue weighted by Crippen LogP contribution is 2.15. The molecule has 0 aliphatic rings. The van der Waals surface area contributed by atoms with Crippen molar-refractivity contribution in [3.63, 3.8) is 0 Å². The van der Waals surface area contributed by atoms with Crippen molar-refractivity contribution in [1.29, 1.82) is 0 Å². The number of halogens is 1. The molecular formula is C12H18ClN. The summed E-state index contributed by atoms with van der Waals surface area (Å²) < 4.78 is 0. The van der Waals surface area contributed by atoms with E-state index < -0.39 is 0 Å². The fourth-order valence-corrected chi connectivity index (χ4v) is 1.58. The summed E-state index contributed by atoms with van der Waals surface area (Å²) in [6.07, 6.45) is 0. The molecule has 1 unspecified atom stereocenters. The minimum absolute atomic E-state index is 0.530. The summed E-state index contributed by atoms with van der Waals surface area (Å²) >= 11 is 5.79. The molecule has 0 heterocycles. The van der Waals surface area contributed by atoms with Crippen LogP contribution in [0.3, 0.4) is 0 Å². The number of alkyl halides is 1. The minimum atomic E-state index is 0.530. The summed E-state index contributed by atoms with van der Waals surface area (Å²) in [7, 11) is 2.11. The van der Waals surface area contributed by atoms with Crippen molar-refractivity contribution in [3.8, 4) is 0 Å². The highest BCUT2D eigenvalue weighted by molar-refractivity contribution is 6.18. The van der Waals surface area contributed by atoms with Crippen LogP contribution in [0.25, 0.3) is 0 Å². The van der Waals surface area contributed by atoms with Crippen molar-refractivity contribution < 1.29 is 0 Å². The highest BCUT2D eigenvalue weighted by atomic mass is 35.5. The smallest absolute Gasteiger partial charge is 0.0366 e. The van der Waals surface area contributed by atoms with Gasteiger partial charge in [-0.05, 0) is 30.5 Å². The lowest BCUT2D eigenvalue weighted by Crippen LogP contribution is -2.24. The van der Waals surface area contributed by atoms with E-state index in [1.165, 1.54) is 11.3 Å². The van der Waals surface area contributed by atoms with Crippen LogP contribution in [0.2, 0.25) is 0 Å². The van der Waals surface area contributed by atoms with E-state index in [1.807, 2.05) is 0 Å². The average molecular weight is 212 g/mol. The second-order valence-corrected chi connectivity index (χ2v) is 4.29. The molecule has 1 nitrogen and oxygen atoms in total. The van der Waals surface area contributed by atoms with Crippen LogP contribution in [-0.2, 0) is 0 Å². The third kappa shape index (κ3) is 3.22. The third-order valence-electron chi connectivity index (χ3n) is 2.29. The third-order valence-corrected chi connectivity index (χ3v) is 2.82. The molecule has 1 aromatic carbocycles. The number of nitrogens with zero attached hydrogens (tertiary/aromatic N) is 1. The summed E-state index contributed by atoms with van der Waals surface area (Å²) in [5, 5.41) is 0. The summed E-state index contributed by atoms with van der Waals surface area (Å²) in [4.78, 5) is 2.25. The van der Waals surface area contributed by atoms with Gasteiger partial charge in [0.1, 0.15) is 0 Å². The number of rotatable bonds is 4. The predicted molar refractivity (Wildman–Crippen MR) is 64.3 cm³/mol. The maximum Gasteiger partial charge on any atom is 0.0366 e. The number of benzene rings is 1. The van der Waals surface area contributed by atoms with Gasteiger partial charge in [0.05, 0.1) is 0 Å². The van der Waals surface area contributed by atoms with E-state index in [0.29, 0.717) is 5.92 Å². The molecule has 0 radical (unpaired) electrons. The van der Waals surface area contributed by atoms with E-state index in [9.17, 15) is 0 Å². The summed E-state index contributed by atoms with van der Waals surface area (Å²) in [5.41, 5.74) is 2.56. The summed E-state index contributed by atoms with van der Waals surface area (Å²) in [6, 6.07) is 8.53. The lowest BCUT2D eigenvalue weighted by molar-refractivity contribution is 0.645. The van der Waals surface area contributed by atoms with E-state index in [2.05, 4.69) is 50.1 Å². The van der Waals surface area contributed by atoms with E-state index in [-0.39, 0.29) is 0 Å². The molecule has 1 atom stereocenters. The number of aryl methyl sites for hydroxylation is 1. The topological polar surface area (TPSA) is 3.24 Å². The maximum atomic E-state index is 5.79. The van der Waals surface area contributed by atoms with E-state index in [0.717, 1.165) is 12.4 Å². The Kier molecular flexibility index (Phi) is 4.27. The molecular weight excluding hydrogens is 194 g/mol. The number of anilines is 1. The Balaban J connectivity index is 2.64.